The summed E-state index contributed by atoms with van der Waals surface area (Å²) in [6.45, 7) is 0. The smallest absolute Gasteiger partial charge is 0.284 e. The summed E-state index contributed by atoms with van der Waals surface area (Å²) in [6.07, 6.45) is -3.94. The van der Waals surface area contributed by atoms with E-state index in [1.165, 1.54) is 6.07 Å². The zero-order chi connectivity index (χ0) is 12.6. The number of fused-ring (bicyclic) bond motifs is 1. The highest BCUT2D eigenvalue weighted by Crippen LogP contribution is 2.24. The molecule has 1 heterocycles. The summed E-state index contributed by atoms with van der Waals surface area (Å²) in [4.78, 5) is 14.8. The van der Waals surface area contributed by atoms with Crippen LogP contribution >= 0.6 is 15.9 Å². The number of Topliss-reactive ketones (excluding diaryl/α,β-unsaturated/α-hetero) is 1. The second kappa shape index (κ2) is 4.10. The number of rotatable bonds is 1. The van der Waals surface area contributed by atoms with Crippen LogP contribution in [-0.4, -0.2) is 16.9 Å². The Labute approximate surface area is 103 Å². The van der Waals surface area contributed by atoms with Gasteiger partial charge in [-0.1, -0.05) is 15.9 Å². The van der Waals surface area contributed by atoms with Gasteiger partial charge in [0.2, 0.25) is 0 Å². The predicted octanol–water partition coefficient (Wildman–Crippen LogP) is 3.74. The zero-order valence-electron chi connectivity index (χ0n) is 8.25. The molecule has 2 rings (SSSR count). The standard InChI is InChI=1S/C11H5BrF3NO/c12-8-1-2-9-6(4-8)3-7(5-16-9)10(17)11(13,14)15/h1-5H. The van der Waals surface area contributed by atoms with Crippen molar-refractivity contribution < 1.29 is 18.0 Å². The first-order valence-electron chi connectivity index (χ1n) is 4.55. The van der Waals surface area contributed by atoms with Gasteiger partial charge in [-0.15, -0.1) is 0 Å². The molecule has 0 aliphatic heterocycles. The molecule has 2 nitrogen and oxygen atoms in total. The lowest BCUT2D eigenvalue weighted by Crippen LogP contribution is -2.22. The van der Waals surface area contributed by atoms with Crippen LogP contribution in [0.15, 0.2) is 34.9 Å². The molecule has 88 valence electrons. The fourth-order valence-electron chi connectivity index (χ4n) is 1.39. The summed E-state index contributed by atoms with van der Waals surface area (Å²) < 4.78 is 37.4. The molecule has 0 N–H and O–H groups in total. The maximum atomic E-state index is 12.2. The van der Waals surface area contributed by atoms with Crippen LogP contribution in [0.3, 0.4) is 0 Å². The van der Waals surface area contributed by atoms with Crippen LogP contribution in [0.1, 0.15) is 10.4 Å². The third-order valence-electron chi connectivity index (χ3n) is 2.16. The summed E-state index contributed by atoms with van der Waals surface area (Å²) in [7, 11) is 0. The van der Waals surface area contributed by atoms with Crippen molar-refractivity contribution in [2.75, 3.05) is 0 Å². The molecule has 0 saturated carbocycles. The number of benzene rings is 1. The summed E-state index contributed by atoms with van der Waals surface area (Å²) >= 11 is 3.20. The average Bonchev–Trinajstić information content (AvgIpc) is 2.25. The summed E-state index contributed by atoms with van der Waals surface area (Å²) in [6, 6.07) is 6.17. The van der Waals surface area contributed by atoms with Crippen LogP contribution in [0.4, 0.5) is 13.2 Å². The van der Waals surface area contributed by atoms with Crippen LogP contribution < -0.4 is 0 Å². The Morgan fingerprint density at radius 2 is 1.94 bits per heavy atom. The average molecular weight is 304 g/mol. The van der Waals surface area contributed by atoms with Gasteiger partial charge in [-0.25, -0.2) is 0 Å². The third kappa shape index (κ3) is 2.46. The Morgan fingerprint density at radius 3 is 2.59 bits per heavy atom. The van der Waals surface area contributed by atoms with Gasteiger partial charge in [-0.2, -0.15) is 13.2 Å². The van der Waals surface area contributed by atoms with Crippen molar-refractivity contribution >= 4 is 32.6 Å². The van der Waals surface area contributed by atoms with E-state index in [0.29, 0.717) is 15.4 Å². The fraction of sp³-hybridized carbons (Fsp3) is 0.0909. The Hall–Kier alpha value is -1.43. The Kier molecular flexibility index (Phi) is 2.91. The zero-order valence-corrected chi connectivity index (χ0v) is 9.84. The summed E-state index contributed by atoms with van der Waals surface area (Å²) in [5.41, 5.74) is 0.0787. The first-order valence-corrected chi connectivity index (χ1v) is 5.34. The second-order valence-electron chi connectivity index (χ2n) is 3.39. The van der Waals surface area contributed by atoms with Gasteiger partial charge in [0.05, 0.1) is 5.52 Å². The number of hydrogen-bond donors (Lipinski definition) is 0. The first kappa shape index (κ1) is 12.0. The van der Waals surface area contributed by atoms with Crippen molar-refractivity contribution in [3.8, 4) is 0 Å². The van der Waals surface area contributed by atoms with Crippen molar-refractivity contribution in [1.82, 2.24) is 4.98 Å². The molecule has 0 aliphatic rings. The molecule has 6 heteroatoms. The lowest BCUT2D eigenvalue weighted by atomic mass is 10.1. The van der Waals surface area contributed by atoms with Crippen LogP contribution in [0.25, 0.3) is 10.9 Å². The molecule has 0 bridgehead atoms. The van der Waals surface area contributed by atoms with Crippen molar-refractivity contribution in [3.63, 3.8) is 0 Å². The van der Waals surface area contributed by atoms with E-state index in [1.807, 2.05) is 0 Å². The molecule has 2 aromatic rings. The lowest BCUT2D eigenvalue weighted by molar-refractivity contribution is -0.0885. The number of pyridine rings is 1. The molecule has 1 aromatic carbocycles. The first-order chi connectivity index (χ1) is 7.88. The molecule has 0 fully saturated rings. The predicted molar refractivity (Wildman–Crippen MR) is 59.8 cm³/mol. The Morgan fingerprint density at radius 1 is 1.24 bits per heavy atom. The number of halogens is 4. The van der Waals surface area contributed by atoms with E-state index >= 15 is 0 Å². The van der Waals surface area contributed by atoms with Crippen LogP contribution in [0.5, 0.6) is 0 Å². The van der Waals surface area contributed by atoms with Crippen LogP contribution in [0, 0.1) is 0 Å². The highest BCUT2D eigenvalue weighted by atomic mass is 79.9. The van der Waals surface area contributed by atoms with Gasteiger partial charge in [0.25, 0.3) is 5.78 Å². The number of carbonyl (C=O) groups excluding carboxylic acids is 1. The van der Waals surface area contributed by atoms with Crippen molar-refractivity contribution in [2.45, 2.75) is 6.18 Å². The second-order valence-corrected chi connectivity index (χ2v) is 4.30. The topological polar surface area (TPSA) is 30.0 Å². The Balaban J connectivity index is 2.54. The van der Waals surface area contributed by atoms with Gasteiger partial charge in [-0.3, -0.25) is 9.78 Å². The third-order valence-corrected chi connectivity index (χ3v) is 2.66. The minimum atomic E-state index is -4.87. The molecule has 0 unspecified atom stereocenters. The summed E-state index contributed by atoms with van der Waals surface area (Å²) in [5, 5.41) is 0.481. The monoisotopic (exact) mass is 303 g/mol. The maximum absolute atomic E-state index is 12.2. The molecule has 0 radical (unpaired) electrons. The van der Waals surface area contributed by atoms with Crippen LogP contribution in [-0.2, 0) is 0 Å². The van der Waals surface area contributed by atoms with Crippen molar-refractivity contribution in [2.24, 2.45) is 0 Å². The normalized spacial score (nSPS) is 11.8. The fourth-order valence-corrected chi connectivity index (χ4v) is 1.77. The van der Waals surface area contributed by atoms with Gasteiger partial charge < -0.3 is 0 Å². The minimum absolute atomic E-state index is 0.455. The molecular formula is C11H5BrF3NO. The van der Waals surface area contributed by atoms with Crippen molar-refractivity contribution in [3.05, 3.63) is 40.5 Å². The van der Waals surface area contributed by atoms with E-state index in [9.17, 15) is 18.0 Å². The highest BCUT2D eigenvalue weighted by Gasteiger charge is 2.39. The van der Waals surface area contributed by atoms with Gasteiger partial charge in [0, 0.05) is 21.6 Å². The van der Waals surface area contributed by atoms with E-state index in [1.54, 1.807) is 18.2 Å². The number of aromatic nitrogens is 1. The van der Waals surface area contributed by atoms with E-state index in [-0.39, 0.29) is 0 Å². The number of alkyl halides is 3. The van der Waals surface area contributed by atoms with Crippen LogP contribution in [0.2, 0.25) is 0 Å². The number of ketones is 1. The maximum Gasteiger partial charge on any atom is 0.454 e. The van der Waals surface area contributed by atoms with E-state index in [2.05, 4.69) is 20.9 Å². The number of carbonyl (C=O) groups is 1. The molecule has 0 saturated heterocycles. The SMILES string of the molecule is O=C(c1cnc2ccc(Br)cc2c1)C(F)(F)F. The van der Waals surface area contributed by atoms with Gasteiger partial charge >= 0.3 is 6.18 Å². The highest BCUT2D eigenvalue weighted by molar-refractivity contribution is 9.10. The van der Waals surface area contributed by atoms with E-state index in [0.717, 1.165) is 6.20 Å². The van der Waals surface area contributed by atoms with Gasteiger partial charge in [0.1, 0.15) is 0 Å². The summed E-state index contributed by atoms with van der Waals surface area (Å²) in [5.74, 6) is -1.88. The van der Waals surface area contributed by atoms with Gasteiger partial charge in [-0.05, 0) is 24.3 Å². The molecule has 0 spiro atoms. The molecule has 17 heavy (non-hydrogen) atoms. The van der Waals surface area contributed by atoms with E-state index in [4.69, 9.17) is 0 Å². The van der Waals surface area contributed by atoms with Crippen molar-refractivity contribution in [1.29, 1.82) is 0 Å². The largest absolute Gasteiger partial charge is 0.454 e. The van der Waals surface area contributed by atoms with Gasteiger partial charge in [0.15, 0.2) is 0 Å². The number of hydrogen-bond acceptors (Lipinski definition) is 2. The molecule has 1 aromatic heterocycles. The molecule has 0 atom stereocenters. The molecule has 0 amide bonds. The quantitative estimate of drug-likeness (QED) is 0.751. The lowest BCUT2D eigenvalue weighted by Gasteiger charge is -2.05. The minimum Gasteiger partial charge on any atom is -0.284 e. The number of nitrogens with zero attached hydrogens (tertiary/aromatic N) is 1. The molecule has 0 aliphatic carbocycles. The molecular weight excluding hydrogens is 299 g/mol. The Bertz CT molecular complexity index is 595. The van der Waals surface area contributed by atoms with E-state index < -0.39 is 17.5 Å².